The SMILES string of the molecule is CCCCc1ccc(-c2nc3ccc(C(=N)N)cc3[nH]2)nc1. The Morgan fingerprint density at radius 3 is 2.82 bits per heavy atom. The molecule has 0 saturated heterocycles. The third kappa shape index (κ3) is 2.83. The van der Waals surface area contributed by atoms with Crippen LogP contribution in [0.5, 0.6) is 0 Å². The Kier molecular flexibility index (Phi) is 3.87. The number of nitrogens with two attached hydrogens (primary N) is 1. The first-order valence-electron chi connectivity index (χ1n) is 7.47. The molecular formula is C17H19N5. The highest BCUT2D eigenvalue weighted by Gasteiger charge is 2.08. The minimum absolute atomic E-state index is 0.0523. The van der Waals surface area contributed by atoms with Crippen LogP contribution >= 0.6 is 0 Å². The van der Waals surface area contributed by atoms with E-state index in [1.165, 1.54) is 18.4 Å². The van der Waals surface area contributed by atoms with Gasteiger partial charge in [0.2, 0.25) is 0 Å². The molecule has 0 aliphatic rings. The van der Waals surface area contributed by atoms with E-state index in [1.807, 2.05) is 24.4 Å². The topological polar surface area (TPSA) is 91.4 Å². The monoisotopic (exact) mass is 293 g/mol. The summed E-state index contributed by atoms with van der Waals surface area (Å²) in [6.45, 7) is 2.19. The van der Waals surface area contributed by atoms with Gasteiger partial charge in [0.05, 0.1) is 11.0 Å². The summed E-state index contributed by atoms with van der Waals surface area (Å²) in [6.07, 6.45) is 5.34. The second-order valence-corrected chi connectivity index (χ2v) is 5.39. The van der Waals surface area contributed by atoms with Crippen molar-refractivity contribution in [3.8, 4) is 11.5 Å². The number of benzene rings is 1. The molecule has 0 aliphatic carbocycles. The van der Waals surface area contributed by atoms with E-state index in [1.54, 1.807) is 6.07 Å². The van der Waals surface area contributed by atoms with Crippen LogP contribution < -0.4 is 5.73 Å². The number of fused-ring (bicyclic) bond motifs is 1. The molecule has 0 unspecified atom stereocenters. The standard InChI is InChI=1S/C17H19N5/c1-2-3-4-11-5-7-14(20-10-11)17-21-13-8-6-12(16(18)19)9-15(13)22-17/h5-10H,2-4H2,1H3,(H3,18,19)(H,21,22). The van der Waals surface area contributed by atoms with Crippen LogP contribution in [0.4, 0.5) is 0 Å². The third-order valence-electron chi connectivity index (χ3n) is 3.68. The van der Waals surface area contributed by atoms with Gasteiger partial charge in [-0.3, -0.25) is 10.4 Å². The number of aromatic nitrogens is 3. The van der Waals surface area contributed by atoms with Crippen LogP contribution in [0.1, 0.15) is 30.9 Å². The summed E-state index contributed by atoms with van der Waals surface area (Å²) in [5, 5.41) is 7.49. The smallest absolute Gasteiger partial charge is 0.157 e. The summed E-state index contributed by atoms with van der Waals surface area (Å²) < 4.78 is 0. The van der Waals surface area contributed by atoms with Crippen molar-refractivity contribution in [1.82, 2.24) is 15.0 Å². The van der Waals surface area contributed by atoms with Gasteiger partial charge in [-0.25, -0.2) is 4.98 Å². The first-order valence-corrected chi connectivity index (χ1v) is 7.47. The summed E-state index contributed by atoms with van der Waals surface area (Å²) in [5.41, 5.74) is 9.98. The first kappa shape index (κ1) is 14.3. The number of imidazole rings is 1. The molecule has 0 aliphatic heterocycles. The molecule has 3 aromatic rings. The summed E-state index contributed by atoms with van der Waals surface area (Å²) in [7, 11) is 0. The van der Waals surface area contributed by atoms with Crippen molar-refractivity contribution in [3.63, 3.8) is 0 Å². The zero-order chi connectivity index (χ0) is 15.5. The average Bonchev–Trinajstić information content (AvgIpc) is 2.96. The maximum Gasteiger partial charge on any atom is 0.157 e. The molecule has 0 radical (unpaired) electrons. The fraction of sp³-hybridized carbons (Fsp3) is 0.235. The Morgan fingerprint density at radius 1 is 1.27 bits per heavy atom. The maximum atomic E-state index is 7.49. The lowest BCUT2D eigenvalue weighted by atomic mass is 10.1. The number of pyridine rings is 1. The summed E-state index contributed by atoms with van der Waals surface area (Å²) in [5.74, 6) is 0.786. The van der Waals surface area contributed by atoms with Gasteiger partial charge in [0.15, 0.2) is 5.82 Å². The average molecular weight is 293 g/mol. The van der Waals surface area contributed by atoms with Crippen molar-refractivity contribution < 1.29 is 0 Å². The van der Waals surface area contributed by atoms with E-state index in [2.05, 4.69) is 27.9 Å². The lowest BCUT2D eigenvalue weighted by Gasteiger charge is -2.00. The molecule has 2 heterocycles. The van der Waals surface area contributed by atoms with Crippen molar-refractivity contribution >= 4 is 16.9 Å². The molecule has 0 atom stereocenters. The molecule has 3 rings (SSSR count). The minimum atomic E-state index is 0.0523. The molecule has 0 bridgehead atoms. The number of H-pyrrole nitrogens is 1. The normalized spacial score (nSPS) is 11.0. The Morgan fingerprint density at radius 2 is 2.14 bits per heavy atom. The number of aromatic amines is 1. The lowest BCUT2D eigenvalue weighted by molar-refractivity contribution is 0.792. The molecule has 112 valence electrons. The zero-order valence-electron chi connectivity index (χ0n) is 12.6. The predicted octanol–water partition coefficient (Wildman–Crippen LogP) is 3.25. The molecule has 5 nitrogen and oxygen atoms in total. The fourth-order valence-electron chi connectivity index (χ4n) is 2.39. The van der Waals surface area contributed by atoms with Gasteiger partial charge >= 0.3 is 0 Å². The highest BCUT2D eigenvalue weighted by molar-refractivity contribution is 5.98. The first-order chi connectivity index (χ1) is 10.7. The Bertz CT molecular complexity index is 802. The van der Waals surface area contributed by atoms with Gasteiger partial charge in [-0.05, 0) is 42.7 Å². The van der Waals surface area contributed by atoms with Crippen LogP contribution in [0.15, 0.2) is 36.5 Å². The molecule has 1 aromatic carbocycles. The zero-order valence-corrected chi connectivity index (χ0v) is 12.6. The van der Waals surface area contributed by atoms with E-state index in [-0.39, 0.29) is 5.84 Å². The van der Waals surface area contributed by atoms with Gasteiger partial charge in [0.25, 0.3) is 0 Å². The van der Waals surface area contributed by atoms with Crippen LogP contribution in [-0.2, 0) is 6.42 Å². The maximum absolute atomic E-state index is 7.49. The van der Waals surface area contributed by atoms with E-state index in [4.69, 9.17) is 11.1 Å². The number of hydrogen-bond acceptors (Lipinski definition) is 3. The third-order valence-corrected chi connectivity index (χ3v) is 3.68. The van der Waals surface area contributed by atoms with E-state index in [9.17, 15) is 0 Å². The molecule has 0 saturated carbocycles. The Labute approximate surface area is 129 Å². The highest BCUT2D eigenvalue weighted by atomic mass is 14.9. The summed E-state index contributed by atoms with van der Waals surface area (Å²) in [6, 6.07) is 9.60. The van der Waals surface area contributed by atoms with E-state index >= 15 is 0 Å². The van der Waals surface area contributed by atoms with Crippen LogP contribution in [-0.4, -0.2) is 20.8 Å². The number of nitrogen functional groups attached to an aromatic ring is 1. The van der Waals surface area contributed by atoms with E-state index in [0.717, 1.165) is 29.0 Å². The molecule has 4 N–H and O–H groups in total. The molecule has 22 heavy (non-hydrogen) atoms. The number of unbranched alkanes of at least 4 members (excludes halogenated alkanes) is 1. The van der Waals surface area contributed by atoms with Gasteiger partial charge in [-0.2, -0.15) is 0 Å². The number of nitrogens with zero attached hydrogens (tertiary/aromatic N) is 2. The van der Waals surface area contributed by atoms with Gasteiger partial charge in [0, 0.05) is 11.8 Å². The van der Waals surface area contributed by atoms with E-state index < -0.39 is 0 Å². The van der Waals surface area contributed by atoms with Gasteiger partial charge in [-0.15, -0.1) is 0 Å². The number of hydrogen-bond donors (Lipinski definition) is 3. The minimum Gasteiger partial charge on any atom is -0.384 e. The van der Waals surface area contributed by atoms with Crippen molar-refractivity contribution in [1.29, 1.82) is 5.41 Å². The van der Waals surface area contributed by atoms with Crippen molar-refractivity contribution in [2.75, 3.05) is 0 Å². The van der Waals surface area contributed by atoms with E-state index in [0.29, 0.717) is 5.56 Å². The van der Waals surface area contributed by atoms with Crippen molar-refractivity contribution in [2.45, 2.75) is 26.2 Å². The number of amidine groups is 1. The van der Waals surface area contributed by atoms with Gasteiger partial charge < -0.3 is 10.7 Å². The van der Waals surface area contributed by atoms with Crippen molar-refractivity contribution in [2.24, 2.45) is 5.73 Å². The summed E-state index contributed by atoms with van der Waals surface area (Å²) in [4.78, 5) is 12.3. The largest absolute Gasteiger partial charge is 0.384 e. The van der Waals surface area contributed by atoms with Crippen LogP contribution in [0.25, 0.3) is 22.6 Å². The number of aryl methyl sites for hydroxylation is 1. The fourth-order valence-corrected chi connectivity index (χ4v) is 2.39. The molecule has 0 spiro atoms. The highest BCUT2D eigenvalue weighted by Crippen LogP contribution is 2.20. The van der Waals surface area contributed by atoms with Gasteiger partial charge in [0.1, 0.15) is 11.5 Å². The van der Waals surface area contributed by atoms with Crippen LogP contribution in [0.2, 0.25) is 0 Å². The lowest BCUT2D eigenvalue weighted by Crippen LogP contribution is -2.10. The predicted molar refractivity (Wildman–Crippen MR) is 89.0 cm³/mol. The molecule has 0 amide bonds. The van der Waals surface area contributed by atoms with Crippen molar-refractivity contribution in [3.05, 3.63) is 47.7 Å². The second kappa shape index (κ2) is 5.97. The molecule has 2 aromatic heterocycles. The number of nitrogens with one attached hydrogen (secondary N) is 2. The second-order valence-electron chi connectivity index (χ2n) is 5.39. The van der Waals surface area contributed by atoms with Crippen LogP contribution in [0, 0.1) is 5.41 Å². The summed E-state index contributed by atoms with van der Waals surface area (Å²) >= 11 is 0. The quantitative estimate of drug-likeness (QED) is 0.498. The number of rotatable bonds is 5. The molecule has 5 heteroatoms. The Balaban J connectivity index is 1.91. The molecular weight excluding hydrogens is 274 g/mol. The van der Waals surface area contributed by atoms with Gasteiger partial charge in [-0.1, -0.05) is 19.4 Å². The Hall–Kier alpha value is -2.69. The molecule has 0 fully saturated rings. The van der Waals surface area contributed by atoms with Crippen LogP contribution in [0.3, 0.4) is 0 Å².